The highest BCUT2D eigenvalue weighted by molar-refractivity contribution is 5.65. The van der Waals surface area contributed by atoms with Crippen LogP contribution in [0.5, 0.6) is 0 Å². The minimum atomic E-state index is 0.784. The zero-order valence-electron chi connectivity index (χ0n) is 10.8. The summed E-state index contributed by atoms with van der Waals surface area (Å²) in [5.41, 5.74) is 3.51. The molecule has 0 aromatic heterocycles. The van der Waals surface area contributed by atoms with Gasteiger partial charge in [-0.3, -0.25) is 0 Å². The first-order valence-corrected chi connectivity index (χ1v) is 6.29. The zero-order valence-corrected chi connectivity index (χ0v) is 10.8. The van der Waals surface area contributed by atoms with Gasteiger partial charge < -0.3 is 4.90 Å². The summed E-state index contributed by atoms with van der Waals surface area (Å²) >= 11 is 0. The van der Waals surface area contributed by atoms with Gasteiger partial charge in [-0.1, -0.05) is 48.0 Å². The van der Waals surface area contributed by atoms with E-state index in [2.05, 4.69) is 43.0 Å². The second-order valence-electron chi connectivity index (χ2n) is 4.59. The van der Waals surface area contributed by atoms with Crippen molar-refractivity contribution in [3.63, 3.8) is 0 Å². The largest absolute Gasteiger partial charge is 0.325 e. The lowest BCUT2D eigenvalue weighted by Gasteiger charge is -2.16. The minimum absolute atomic E-state index is 0.784. The average Bonchev–Trinajstić information content (AvgIpc) is 2.89. The standard InChI is InChI=1S/C16H15N3/c1-14-7-9-16(10-8-14)19-13-18(12-17-19)11-15-5-3-2-4-6-15/h2-10,12H,11H2,1H3. The molecule has 2 aromatic rings. The Morgan fingerprint density at radius 2 is 1.74 bits per heavy atom. The second kappa shape index (κ2) is 5.14. The lowest BCUT2D eigenvalue weighted by Crippen LogP contribution is -2.20. The maximum Gasteiger partial charge on any atom is 0.232 e. The summed E-state index contributed by atoms with van der Waals surface area (Å²) in [6, 6.07) is 18.6. The number of benzene rings is 2. The molecule has 0 atom stereocenters. The van der Waals surface area contributed by atoms with Crippen LogP contribution in [0.4, 0.5) is 5.69 Å². The van der Waals surface area contributed by atoms with Crippen LogP contribution in [0.15, 0.2) is 59.7 Å². The number of anilines is 1. The van der Waals surface area contributed by atoms with Crippen LogP contribution in [-0.4, -0.2) is 11.2 Å². The van der Waals surface area contributed by atoms with Crippen LogP contribution in [-0.2, 0) is 6.54 Å². The molecule has 2 aromatic carbocycles. The van der Waals surface area contributed by atoms with Gasteiger partial charge >= 0.3 is 0 Å². The summed E-state index contributed by atoms with van der Waals surface area (Å²) in [5.74, 6) is 0. The molecule has 0 aliphatic carbocycles. The fourth-order valence-electron chi connectivity index (χ4n) is 1.95. The van der Waals surface area contributed by atoms with Crippen LogP contribution in [0.3, 0.4) is 0 Å². The van der Waals surface area contributed by atoms with Crippen LogP contribution >= 0.6 is 0 Å². The van der Waals surface area contributed by atoms with Gasteiger partial charge in [0.2, 0.25) is 6.67 Å². The Hall–Kier alpha value is -2.29. The molecule has 3 nitrogen and oxygen atoms in total. The molecule has 0 unspecified atom stereocenters. The number of hydrazone groups is 1. The maximum atomic E-state index is 4.34. The van der Waals surface area contributed by atoms with Crippen molar-refractivity contribution in [3.05, 3.63) is 72.4 Å². The van der Waals surface area contributed by atoms with Crippen molar-refractivity contribution in [1.82, 2.24) is 4.90 Å². The van der Waals surface area contributed by atoms with Crippen molar-refractivity contribution in [3.8, 4) is 0 Å². The molecule has 0 saturated heterocycles. The Balaban J connectivity index is 1.65. The summed E-state index contributed by atoms with van der Waals surface area (Å²) in [6.45, 7) is 6.08. The van der Waals surface area contributed by atoms with E-state index in [9.17, 15) is 0 Å². The summed E-state index contributed by atoms with van der Waals surface area (Å²) in [6.07, 6.45) is 1.80. The predicted octanol–water partition coefficient (Wildman–Crippen LogP) is 3.26. The molecule has 0 saturated carbocycles. The van der Waals surface area contributed by atoms with Gasteiger partial charge in [-0.25, -0.2) is 5.01 Å². The van der Waals surface area contributed by atoms with Crippen LogP contribution in [0, 0.1) is 13.6 Å². The Morgan fingerprint density at radius 3 is 2.47 bits per heavy atom. The molecule has 3 heteroatoms. The van der Waals surface area contributed by atoms with E-state index in [1.54, 1.807) is 11.3 Å². The molecule has 1 aliphatic rings. The minimum Gasteiger partial charge on any atom is -0.325 e. The van der Waals surface area contributed by atoms with E-state index < -0.39 is 0 Å². The molecule has 0 bridgehead atoms. The third-order valence-corrected chi connectivity index (χ3v) is 3.00. The average molecular weight is 249 g/mol. The molecule has 94 valence electrons. The van der Waals surface area contributed by atoms with Gasteiger partial charge in [0.05, 0.1) is 5.69 Å². The zero-order chi connectivity index (χ0) is 13.1. The fraction of sp³-hybridized carbons (Fsp3) is 0.125. The third-order valence-electron chi connectivity index (χ3n) is 3.00. The molecule has 19 heavy (non-hydrogen) atoms. The van der Waals surface area contributed by atoms with Gasteiger partial charge in [-0.2, -0.15) is 5.10 Å². The molecule has 0 amide bonds. The first-order chi connectivity index (χ1) is 9.31. The lowest BCUT2D eigenvalue weighted by atomic mass is 10.2. The van der Waals surface area contributed by atoms with Crippen LogP contribution in [0.2, 0.25) is 0 Å². The Kier molecular flexibility index (Phi) is 3.19. The molecule has 1 heterocycles. The topological polar surface area (TPSA) is 18.8 Å². The number of rotatable bonds is 3. The van der Waals surface area contributed by atoms with Gasteiger partial charge in [0.15, 0.2) is 0 Å². The first kappa shape index (κ1) is 11.8. The molecule has 3 rings (SSSR count). The quantitative estimate of drug-likeness (QED) is 0.831. The number of hydrogen-bond donors (Lipinski definition) is 0. The van der Waals surface area contributed by atoms with Crippen molar-refractivity contribution in [1.29, 1.82) is 0 Å². The third kappa shape index (κ3) is 2.76. The Labute approximate surface area is 113 Å². The number of hydrogen-bond acceptors (Lipinski definition) is 3. The van der Waals surface area contributed by atoms with E-state index in [1.165, 1.54) is 11.1 Å². The highest BCUT2D eigenvalue weighted by atomic mass is 15.6. The monoisotopic (exact) mass is 249 g/mol. The van der Waals surface area contributed by atoms with Crippen LogP contribution in [0.25, 0.3) is 0 Å². The van der Waals surface area contributed by atoms with Crippen molar-refractivity contribution in [2.24, 2.45) is 5.10 Å². The second-order valence-corrected chi connectivity index (χ2v) is 4.59. The van der Waals surface area contributed by atoms with Crippen molar-refractivity contribution in [2.75, 3.05) is 5.01 Å². The summed E-state index contributed by atoms with van der Waals surface area (Å²) in [5, 5.41) is 6.10. The fourth-order valence-corrected chi connectivity index (χ4v) is 1.95. The number of nitrogens with zero attached hydrogens (tertiary/aromatic N) is 3. The molecule has 0 spiro atoms. The van der Waals surface area contributed by atoms with E-state index in [-0.39, 0.29) is 0 Å². The smallest absolute Gasteiger partial charge is 0.232 e. The Bertz CT molecular complexity index is 560. The van der Waals surface area contributed by atoms with Crippen LogP contribution < -0.4 is 5.01 Å². The van der Waals surface area contributed by atoms with Crippen molar-refractivity contribution >= 4 is 12.0 Å². The highest BCUT2D eigenvalue weighted by Crippen LogP contribution is 2.21. The highest BCUT2D eigenvalue weighted by Gasteiger charge is 2.17. The maximum absolute atomic E-state index is 4.34. The van der Waals surface area contributed by atoms with E-state index in [4.69, 9.17) is 0 Å². The molecular formula is C16H15N3. The normalized spacial score (nSPS) is 14.2. The SMILES string of the molecule is Cc1ccc(N2[C]N(Cc3ccccc3)C=N2)cc1. The van der Waals surface area contributed by atoms with Gasteiger partial charge in [0, 0.05) is 6.54 Å². The van der Waals surface area contributed by atoms with E-state index in [0.717, 1.165) is 12.2 Å². The molecular weight excluding hydrogens is 234 g/mol. The summed E-state index contributed by atoms with van der Waals surface area (Å²) in [7, 11) is 0. The summed E-state index contributed by atoms with van der Waals surface area (Å²) < 4.78 is 0. The van der Waals surface area contributed by atoms with Crippen molar-refractivity contribution < 1.29 is 0 Å². The van der Waals surface area contributed by atoms with Gasteiger partial charge in [-0.15, -0.1) is 0 Å². The predicted molar refractivity (Wildman–Crippen MR) is 77.4 cm³/mol. The molecule has 0 fully saturated rings. The van der Waals surface area contributed by atoms with E-state index >= 15 is 0 Å². The number of aryl methyl sites for hydroxylation is 1. The van der Waals surface area contributed by atoms with Gasteiger partial charge in [0.25, 0.3) is 0 Å². The van der Waals surface area contributed by atoms with Gasteiger partial charge in [0.1, 0.15) is 6.34 Å². The molecule has 1 aliphatic heterocycles. The lowest BCUT2D eigenvalue weighted by molar-refractivity contribution is 0.521. The summed E-state index contributed by atoms with van der Waals surface area (Å²) in [4.78, 5) is 1.95. The first-order valence-electron chi connectivity index (χ1n) is 6.29. The molecule has 0 N–H and O–H groups in total. The van der Waals surface area contributed by atoms with Crippen LogP contribution in [0.1, 0.15) is 11.1 Å². The van der Waals surface area contributed by atoms with Crippen molar-refractivity contribution in [2.45, 2.75) is 13.5 Å². The molecule has 2 radical (unpaired) electrons. The van der Waals surface area contributed by atoms with Gasteiger partial charge in [-0.05, 0) is 24.6 Å². The van der Waals surface area contributed by atoms with E-state index in [0.29, 0.717) is 0 Å². The Morgan fingerprint density at radius 1 is 1.00 bits per heavy atom. The van der Waals surface area contributed by atoms with E-state index in [1.807, 2.05) is 35.2 Å².